The van der Waals surface area contributed by atoms with Crippen molar-refractivity contribution in [2.75, 3.05) is 5.32 Å². The van der Waals surface area contributed by atoms with E-state index < -0.39 is 0 Å². The molecule has 0 aromatic heterocycles. The number of hydrogen-bond donors (Lipinski definition) is 2. The summed E-state index contributed by atoms with van der Waals surface area (Å²) in [5, 5.41) is 12.7. The van der Waals surface area contributed by atoms with Crippen LogP contribution in [0.15, 0.2) is 18.2 Å². The van der Waals surface area contributed by atoms with Crippen LogP contribution in [0.1, 0.15) is 50.5 Å². The van der Waals surface area contributed by atoms with Crippen molar-refractivity contribution in [1.29, 1.82) is 0 Å². The van der Waals surface area contributed by atoms with Crippen molar-refractivity contribution >= 4 is 11.6 Å². The van der Waals surface area contributed by atoms with Crippen molar-refractivity contribution in [1.82, 2.24) is 0 Å². The Morgan fingerprint density at radius 1 is 1.14 bits per heavy atom. The molecular weight excluding hydrogens is 262 g/mol. The number of amides is 1. The van der Waals surface area contributed by atoms with Gasteiger partial charge in [0.15, 0.2) is 0 Å². The van der Waals surface area contributed by atoms with Crippen molar-refractivity contribution in [3.63, 3.8) is 0 Å². The van der Waals surface area contributed by atoms with Crippen molar-refractivity contribution in [3.8, 4) is 5.75 Å². The Kier molecular flexibility index (Phi) is 4.18. The Bertz CT molecular complexity index is 526. The van der Waals surface area contributed by atoms with Gasteiger partial charge in [0.2, 0.25) is 5.91 Å². The first-order chi connectivity index (χ1) is 10.1. The molecule has 21 heavy (non-hydrogen) atoms. The first-order valence-electron chi connectivity index (χ1n) is 8.24. The van der Waals surface area contributed by atoms with Gasteiger partial charge in [-0.2, -0.15) is 0 Å². The fourth-order valence-electron chi connectivity index (χ4n) is 4.11. The normalized spacial score (nSPS) is 28.7. The first kappa shape index (κ1) is 14.4. The molecule has 1 aromatic rings. The maximum atomic E-state index is 12.5. The molecule has 1 aromatic carbocycles. The van der Waals surface area contributed by atoms with Gasteiger partial charge in [0.05, 0.1) is 0 Å². The van der Waals surface area contributed by atoms with Gasteiger partial charge in [0.1, 0.15) is 5.75 Å². The van der Waals surface area contributed by atoms with Gasteiger partial charge in [-0.1, -0.05) is 31.7 Å². The summed E-state index contributed by atoms with van der Waals surface area (Å²) >= 11 is 0. The molecule has 3 unspecified atom stereocenters. The second kappa shape index (κ2) is 6.08. The Labute approximate surface area is 126 Å². The van der Waals surface area contributed by atoms with E-state index in [-0.39, 0.29) is 17.6 Å². The molecule has 2 aliphatic carbocycles. The van der Waals surface area contributed by atoms with Gasteiger partial charge in [-0.25, -0.2) is 0 Å². The molecular formula is C18H25NO2. The number of phenolic OH excluding ortho intramolecular Hbond substituents is 1. The summed E-state index contributed by atoms with van der Waals surface area (Å²) in [6.45, 7) is 1.84. The molecule has 3 rings (SSSR count). The molecule has 0 aliphatic heterocycles. The smallest absolute Gasteiger partial charge is 0.227 e. The number of aromatic hydroxyl groups is 1. The van der Waals surface area contributed by atoms with Crippen LogP contribution in [0.3, 0.4) is 0 Å². The third-order valence-electron chi connectivity index (χ3n) is 5.47. The van der Waals surface area contributed by atoms with Crippen LogP contribution in [0, 0.1) is 24.7 Å². The number of anilines is 1. The zero-order valence-electron chi connectivity index (χ0n) is 12.8. The molecule has 3 nitrogen and oxygen atoms in total. The average Bonchev–Trinajstić information content (AvgIpc) is 2.51. The van der Waals surface area contributed by atoms with Gasteiger partial charge < -0.3 is 10.4 Å². The summed E-state index contributed by atoms with van der Waals surface area (Å²) < 4.78 is 0. The fraction of sp³-hybridized carbons (Fsp3) is 0.611. The zero-order valence-corrected chi connectivity index (χ0v) is 12.8. The number of hydrogen-bond acceptors (Lipinski definition) is 2. The molecule has 0 saturated heterocycles. The minimum atomic E-state index is 0.132. The SMILES string of the molecule is Cc1c(O)cccc1NC(=O)C1CCC2CCCCC2C1. The highest BCUT2D eigenvalue weighted by Gasteiger charge is 2.35. The lowest BCUT2D eigenvalue weighted by molar-refractivity contribution is -0.122. The van der Waals surface area contributed by atoms with Crippen LogP contribution < -0.4 is 5.32 Å². The molecule has 0 bridgehead atoms. The Hall–Kier alpha value is -1.51. The highest BCUT2D eigenvalue weighted by atomic mass is 16.3. The topological polar surface area (TPSA) is 49.3 Å². The first-order valence-corrected chi connectivity index (χ1v) is 8.24. The van der Waals surface area contributed by atoms with E-state index in [4.69, 9.17) is 0 Å². The van der Waals surface area contributed by atoms with E-state index in [1.54, 1.807) is 12.1 Å². The number of rotatable bonds is 2. The maximum Gasteiger partial charge on any atom is 0.227 e. The third kappa shape index (κ3) is 3.07. The van der Waals surface area contributed by atoms with Crippen LogP contribution in [0.25, 0.3) is 0 Å². The molecule has 114 valence electrons. The summed E-state index contributed by atoms with van der Waals surface area (Å²) in [7, 11) is 0. The van der Waals surface area contributed by atoms with Crippen molar-refractivity contribution in [2.45, 2.75) is 51.9 Å². The van der Waals surface area contributed by atoms with Gasteiger partial charge in [-0.05, 0) is 50.2 Å². The maximum absolute atomic E-state index is 12.5. The van der Waals surface area contributed by atoms with Crippen molar-refractivity contribution < 1.29 is 9.90 Å². The molecule has 3 atom stereocenters. The molecule has 2 N–H and O–H groups in total. The van der Waals surface area contributed by atoms with Crippen LogP contribution in [0.2, 0.25) is 0 Å². The summed E-state index contributed by atoms with van der Waals surface area (Å²) in [6, 6.07) is 5.29. The molecule has 1 amide bonds. The molecule has 2 fully saturated rings. The zero-order chi connectivity index (χ0) is 14.8. The standard InChI is InChI=1S/C18H25NO2/c1-12-16(7-4-8-17(12)20)19-18(21)15-10-9-13-5-2-3-6-14(13)11-15/h4,7-8,13-15,20H,2-3,5-6,9-11H2,1H3,(H,19,21). The van der Waals surface area contributed by atoms with Gasteiger partial charge in [0.25, 0.3) is 0 Å². The molecule has 2 saturated carbocycles. The lowest BCUT2D eigenvalue weighted by Crippen LogP contribution is -2.33. The van der Waals surface area contributed by atoms with Crippen LogP contribution in [-0.2, 0) is 4.79 Å². The highest BCUT2D eigenvalue weighted by Crippen LogP contribution is 2.43. The lowest BCUT2D eigenvalue weighted by atomic mass is 9.67. The summed E-state index contributed by atoms with van der Waals surface area (Å²) in [5.74, 6) is 2.14. The average molecular weight is 287 g/mol. The van der Waals surface area contributed by atoms with Crippen LogP contribution in [-0.4, -0.2) is 11.0 Å². The number of phenols is 1. The number of fused-ring (bicyclic) bond motifs is 1. The van der Waals surface area contributed by atoms with E-state index in [2.05, 4.69) is 5.32 Å². The van der Waals surface area contributed by atoms with Gasteiger partial charge in [-0.15, -0.1) is 0 Å². The van der Waals surface area contributed by atoms with E-state index in [9.17, 15) is 9.90 Å². The van der Waals surface area contributed by atoms with Crippen LogP contribution in [0.4, 0.5) is 5.69 Å². The van der Waals surface area contributed by atoms with Crippen LogP contribution in [0.5, 0.6) is 5.75 Å². The van der Waals surface area contributed by atoms with Gasteiger partial charge in [0, 0.05) is 17.2 Å². The van der Waals surface area contributed by atoms with Gasteiger partial charge in [-0.3, -0.25) is 4.79 Å². The molecule has 0 radical (unpaired) electrons. The van der Waals surface area contributed by atoms with E-state index in [1.807, 2.05) is 13.0 Å². The number of benzene rings is 1. The Morgan fingerprint density at radius 2 is 1.90 bits per heavy atom. The largest absolute Gasteiger partial charge is 0.508 e. The van der Waals surface area contributed by atoms with Gasteiger partial charge >= 0.3 is 0 Å². The molecule has 0 heterocycles. The van der Waals surface area contributed by atoms with E-state index >= 15 is 0 Å². The monoisotopic (exact) mass is 287 g/mol. The van der Waals surface area contributed by atoms with E-state index in [0.717, 1.165) is 35.9 Å². The third-order valence-corrected chi connectivity index (χ3v) is 5.47. The second-order valence-corrected chi connectivity index (χ2v) is 6.75. The minimum absolute atomic E-state index is 0.132. The number of carbonyl (C=O) groups is 1. The fourth-order valence-corrected chi connectivity index (χ4v) is 4.11. The Balaban J connectivity index is 1.64. The van der Waals surface area contributed by atoms with E-state index in [0.29, 0.717) is 0 Å². The van der Waals surface area contributed by atoms with Crippen LogP contribution >= 0.6 is 0 Å². The second-order valence-electron chi connectivity index (χ2n) is 6.75. The predicted molar refractivity (Wildman–Crippen MR) is 84.3 cm³/mol. The van der Waals surface area contributed by atoms with E-state index in [1.165, 1.54) is 32.1 Å². The predicted octanol–water partition coefficient (Wildman–Crippen LogP) is 4.25. The highest BCUT2D eigenvalue weighted by molar-refractivity contribution is 5.93. The Morgan fingerprint density at radius 3 is 2.71 bits per heavy atom. The quantitative estimate of drug-likeness (QED) is 0.854. The molecule has 0 spiro atoms. The minimum Gasteiger partial charge on any atom is -0.508 e. The van der Waals surface area contributed by atoms with Crippen molar-refractivity contribution in [3.05, 3.63) is 23.8 Å². The lowest BCUT2D eigenvalue weighted by Gasteiger charge is -2.38. The van der Waals surface area contributed by atoms with Crippen molar-refractivity contribution in [2.24, 2.45) is 17.8 Å². The summed E-state index contributed by atoms with van der Waals surface area (Å²) in [6.07, 6.45) is 8.66. The molecule has 3 heteroatoms. The molecule has 2 aliphatic rings. The summed E-state index contributed by atoms with van der Waals surface area (Å²) in [5.41, 5.74) is 1.49. The number of carbonyl (C=O) groups excluding carboxylic acids is 1. The number of nitrogens with one attached hydrogen (secondary N) is 1. The summed E-state index contributed by atoms with van der Waals surface area (Å²) in [4.78, 5) is 12.5.